The average Bonchev–Trinajstić information content (AvgIpc) is 2.61. The molecule has 1 atom stereocenters. The van der Waals surface area contributed by atoms with Crippen LogP contribution in [0.15, 0.2) is 53.4 Å². The van der Waals surface area contributed by atoms with E-state index in [0.29, 0.717) is 5.75 Å². The van der Waals surface area contributed by atoms with E-state index in [4.69, 9.17) is 4.74 Å². The fraction of sp³-hybridized carbons (Fsp3) is 0.316. The molecule has 0 aliphatic carbocycles. The van der Waals surface area contributed by atoms with E-state index in [1.54, 1.807) is 18.7 Å². The molecule has 2 aromatic carbocycles. The second kappa shape index (κ2) is 9.35. The first kappa shape index (κ1) is 18.4. The molecule has 1 unspecified atom stereocenters. The molecule has 0 bridgehead atoms. The van der Waals surface area contributed by atoms with Gasteiger partial charge in [-0.25, -0.2) is 0 Å². The van der Waals surface area contributed by atoms with E-state index in [0.717, 1.165) is 29.2 Å². The van der Waals surface area contributed by atoms with Crippen LogP contribution in [0.3, 0.4) is 0 Å². The summed E-state index contributed by atoms with van der Waals surface area (Å²) in [5.41, 5.74) is 1.92. The largest absolute Gasteiger partial charge is 0.481 e. The third kappa shape index (κ3) is 5.58. The summed E-state index contributed by atoms with van der Waals surface area (Å²) < 4.78 is 5.71. The molecule has 1 amide bonds. The molecule has 0 saturated heterocycles. The molecule has 0 saturated carbocycles. The van der Waals surface area contributed by atoms with E-state index in [2.05, 4.69) is 17.6 Å². The number of carbonyl (C=O) groups excluding carboxylic acids is 1. The first-order chi connectivity index (χ1) is 11.6. The number of anilines is 1. The summed E-state index contributed by atoms with van der Waals surface area (Å²) in [4.78, 5) is 13.5. The molecule has 0 aliphatic heterocycles. The van der Waals surface area contributed by atoms with Crippen molar-refractivity contribution >= 4 is 23.4 Å². The van der Waals surface area contributed by atoms with E-state index in [9.17, 15) is 4.79 Å². The number of carbonyl (C=O) groups is 1. The molecule has 2 aromatic rings. The molecule has 0 heterocycles. The van der Waals surface area contributed by atoms with E-state index in [1.165, 1.54) is 0 Å². The Hall–Kier alpha value is -1.98. The third-order valence-electron chi connectivity index (χ3n) is 3.52. The van der Waals surface area contributed by atoms with Crippen LogP contribution in [0.4, 0.5) is 5.69 Å². The van der Waals surface area contributed by atoms with Crippen molar-refractivity contribution in [3.63, 3.8) is 0 Å². The van der Waals surface area contributed by atoms with Crippen LogP contribution in [0.2, 0.25) is 0 Å². The van der Waals surface area contributed by atoms with Crippen LogP contribution in [0.5, 0.6) is 5.75 Å². The molecular formula is C19H24N2O2S. The molecule has 2 N–H and O–H groups in total. The summed E-state index contributed by atoms with van der Waals surface area (Å²) in [6.45, 7) is 5.52. The summed E-state index contributed by atoms with van der Waals surface area (Å²) >= 11 is 1.67. The number of hydrogen-bond acceptors (Lipinski definition) is 4. The highest BCUT2D eigenvalue weighted by molar-refractivity contribution is 7.98. The summed E-state index contributed by atoms with van der Waals surface area (Å²) in [6.07, 6.45) is 1.46. The lowest BCUT2D eigenvalue weighted by Gasteiger charge is -2.15. The minimum absolute atomic E-state index is 0.162. The van der Waals surface area contributed by atoms with Gasteiger partial charge in [-0.1, -0.05) is 19.1 Å². The van der Waals surface area contributed by atoms with Crippen molar-refractivity contribution in [1.29, 1.82) is 0 Å². The Kier molecular flexibility index (Phi) is 7.15. The molecule has 128 valence electrons. The second-order valence-electron chi connectivity index (χ2n) is 5.41. The number of benzene rings is 2. The van der Waals surface area contributed by atoms with Gasteiger partial charge in [0.1, 0.15) is 5.75 Å². The van der Waals surface area contributed by atoms with Gasteiger partial charge in [0.2, 0.25) is 0 Å². The molecule has 0 spiro atoms. The minimum atomic E-state index is -0.567. The maximum atomic E-state index is 12.3. The van der Waals surface area contributed by atoms with Crippen molar-refractivity contribution in [2.75, 3.05) is 18.1 Å². The van der Waals surface area contributed by atoms with Gasteiger partial charge in [0.05, 0.1) is 0 Å². The normalized spacial score (nSPS) is 11.8. The predicted molar refractivity (Wildman–Crippen MR) is 101 cm³/mol. The van der Waals surface area contributed by atoms with Gasteiger partial charge in [-0.15, -0.1) is 11.8 Å². The summed E-state index contributed by atoms with van der Waals surface area (Å²) in [7, 11) is 0. The van der Waals surface area contributed by atoms with Crippen molar-refractivity contribution in [2.45, 2.75) is 31.4 Å². The zero-order valence-corrected chi connectivity index (χ0v) is 15.2. The number of nitrogens with one attached hydrogen (secondary N) is 2. The second-order valence-corrected chi connectivity index (χ2v) is 6.29. The zero-order chi connectivity index (χ0) is 17.4. The zero-order valence-electron chi connectivity index (χ0n) is 14.3. The SMILES string of the molecule is CCNCc1cccc(NC(=O)C(C)Oc2ccc(SC)cc2)c1. The van der Waals surface area contributed by atoms with Gasteiger partial charge in [0.15, 0.2) is 6.10 Å². The summed E-state index contributed by atoms with van der Waals surface area (Å²) in [6, 6.07) is 15.6. The number of ether oxygens (including phenoxy) is 1. The molecule has 0 aliphatic rings. The summed E-state index contributed by atoms with van der Waals surface area (Å²) in [5, 5.41) is 6.18. The molecule has 0 fully saturated rings. The quantitative estimate of drug-likeness (QED) is 0.713. The van der Waals surface area contributed by atoms with Crippen molar-refractivity contribution in [1.82, 2.24) is 5.32 Å². The van der Waals surface area contributed by atoms with Crippen molar-refractivity contribution in [3.8, 4) is 5.75 Å². The van der Waals surface area contributed by atoms with Gasteiger partial charge in [-0.2, -0.15) is 0 Å². The Labute approximate surface area is 148 Å². The minimum Gasteiger partial charge on any atom is -0.481 e. The van der Waals surface area contributed by atoms with Crippen molar-refractivity contribution in [2.24, 2.45) is 0 Å². The fourth-order valence-corrected chi connectivity index (χ4v) is 2.59. The van der Waals surface area contributed by atoms with Crippen LogP contribution >= 0.6 is 11.8 Å². The van der Waals surface area contributed by atoms with Gasteiger partial charge in [-0.05, 0) is 61.7 Å². The van der Waals surface area contributed by atoms with Gasteiger partial charge < -0.3 is 15.4 Å². The van der Waals surface area contributed by atoms with Gasteiger partial charge in [0, 0.05) is 17.1 Å². The van der Waals surface area contributed by atoms with Crippen molar-refractivity contribution in [3.05, 3.63) is 54.1 Å². The highest BCUT2D eigenvalue weighted by Crippen LogP contribution is 2.20. The molecule has 24 heavy (non-hydrogen) atoms. The maximum absolute atomic E-state index is 12.3. The third-order valence-corrected chi connectivity index (χ3v) is 4.26. The van der Waals surface area contributed by atoms with E-state index < -0.39 is 6.10 Å². The average molecular weight is 344 g/mol. The molecule has 4 nitrogen and oxygen atoms in total. The van der Waals surface area contributed by atoms with Gasteiger partial charge >= 0.3 is 0 Å². The standard InChI is InChI=1S/C19H24N2O2S/c1-4-20-13-15-6-5-7-16(12-15)21-19(22)14(2)23-17-8-10-18(24-3)11-9-17/h5-12,14,20H,4,13H2,1-3H3,(H,21,22). The smallest absolute Gasteiger partial charge is 0.265 e. The Balaban J connectivity index is 1.93. The van der Waals surface area contributed by atoms with Crippen LogP contribution in [-0.2, 0) is 11.3 Å². The predicted octanol–water partition coefficient (Wildman–Crippen LogP) is 3.92. The van der Waals surface area contributed by atoms with Crippen LogP contribution in [0, 0.1) is 0 Å². The maximum Gasteiger partial charge on any atom is 0.265 e. The number of hydrogen-bond donors (Lipinski definition) is 2. The monoisotopic (exact) mass is 344 g/mol. The fourth-order valence-electron chi connectivity index (χ4n) is 2.18. The number of rotatable bonds is 8. The van der Waals surface area contributed by atoms with Crippen LogP contribution in [0.1, 0.15) is 19.4 Å². The highest BCUT2D eigenvalue weighted by atomic mass is 32.2. The Morgan fingerprint density at radius 2 is 1.96 bits per heavy atom. The first-order valence-corrected chi connectivity index (χ1v) is 9.26. The van der Waals surface area contributed by atoms with E-state index in [1.807, 2.05) is 54.8 Å². The Morgan fingerprint density at radius 3 is 2.62 bits per heavy atom. The van der Waals surface area contributed by atoms with Crippen LogP contribution < -0.4 is 15.4 Å². The number of thioether (sulfide) groups is 1. The highest BCUT2D eigenvalue weighted by Gasteiger charge is 2.15. The lowest BCUT2D eigenvalue weighted by atomic mass is 10.2. The lowest BCUT2D eigenvalue weighted by Crippen LogP contribution is -2.30. The number of amides is 1. The molecule has 5 heteroatoms. The van der Waals surface area contributed by atoms with E-state index in [-0.39, 0.29) is 5.91 Å². The van der Waals surface area contributed by atoms with Crippen molar-refractivity contribution < 1.29 is 9.53 Å². The Morgan fingerprint density at radius 1 is 1.21 bits per heavy atom. The topological polar surface area (TPSA) is 50.4 Å². The lowest BCUT2D eigenvalue weighted by molar-refractivity contribution is -0.122. The summed E-state index contributed by atoms with van der Waals surface area (Å²) in [5.74, 6) is 0.529. The molecular weight excluding hydrogens is 320 g/mol. The first-order valence-electron chi connectivity index (χ1n) is 8.03. The molecule has 0 aromatic heterocycles. The van der Waals surface area contributed by atoms with Gasteiger partial charge in [-0.3, -0.25) is 4.79 Å². The Bertz CT molecular complexity index is 659. The van der Waals surface area contributed by atoms with Crippen LogP contribution in [0.25, 0.3) is 0 Å². The van der Waals surface area contributed by atoms with Gasteiger partial charge in [0.25, 0.3) is 5.91 Å². The van der Waals surface area contributed by atoms with E-state index >= 15 is 0 Å². The van der Waals surface area contributed by atoms with Crippen LogP contribution in [-0.4, -0.2) is 24.8 Å². The molecule has 2 rings (SSSR count). The molecule has 0 radical (unpaired) electrons.